The second-order valence-corrected chi connectivity index (χ2v) is 5.56. The fraction of sp³-hybridized carbons (Fsp3) is 0.500. The zero-order chi connectivity index (χ0) is 22.1. The molecule has 27 heavy (non-hydrogen) atoms. The Bertz CT molecular complexity index is 718. The molecule has 0 saturated carbocycles. The van der Waals surface area contributed by atoms with Gasteiger partial charge in [0.15, 0.2) is 18.3 Å². The van der Waals surface area contributed by atoms with Gasteiger partial charge >= 0.3 is 17.9 Å². The highest BCUT2D eigenvalue weighted by molar-refractivity contribution is 5.67. The number of hydrogen-bond acceptors (Lipinski definition) is 9. The van der Waals surface area contributed by atoms with Gasteiger partial charge in [-0.25, -0.2) is 0 Å². The van der Waals surface area contributed by atoms with Crippen molar-refractivity contribution in [2.24, 2.45) is 0 Å². The van der Waals surface area contributed by atoms with Gasteiger partial charge in [0.2, 0.25) is 6.29 Å². The lowest BCUT2D eigenvalue weighted by atomic mass is 9.98. The number of esters is 3. The number of benzene rings is 1. The van der Waals surface area contributed by atoms with Gasteiger partial charge in [-0.05, 0) is 12.1 Å². The van der Waals surface area contributed by atoms with Crippen LogP contribution >= 0.6 is 0 Å². The van der Waals surface area contributed by atoms with Gasteiger partial charge in [-0.2, -0.15) is 0 Å². The predicted molar refractivity (Wildman–Crippen MR) is 89.5 cm³/mol. The van der Waals surface area contributed by atoms with Crippen molar-refractivity contribution in [3.05, 3.63) is 30.3 Å². The summed E-state index contributed by atoms with van der Waals surface area (Å²) in [4.78, 5) is 34.8. The smallest absolute Gasteiger partial charge is 0.303 e. The first kappa shape index (κ1) is 16.5. The van der Waals surface area contributed by atoms with Crippen LogP contribution in [0.4, 0.5) is 0 Å². The van der Waals surface area contributed by atoms with E-state index < -0.39 is 75.9 Å². The highest BCUT2D eigenvalue weighted by Crippen LogP contribution is 2.28. The molecule has 1 aliphatic heterocycles. The fourth-order valence-electron chi connectivity index (χ4n) is 2.51. The number of para-hydroxylation sites is 1. The lowest BCUT2D eigenvalue weighted by Crippen LogP contribution is -2.62. The standard InChI is InChI=1S/C18H22O9/c1-10(19)23-9-14-16(24-11(2)20)17(25-12(3)21)15(22)18(27-14)26-13-7-5-4-6-8-13/h4-8,14-18,22H,9H2,1-3H3/t14-,15-,16-,17-,18?/m1/s1/i1D,2D,3D. The molecule has 9 heteroatoms. The molecule has 148 valence electrons. The van der Waals surface area contributed by atoms with E-state index in [1.165, 1.54) is 0 Å². The van der Waals surface area contributed by atoms with Gasteiger partial charge in [-0.3, -0.25) is 14.4 Å². The van der Waals surface area contributed by atoms with Gasteiger partial charge in [0.1, 0.15) is 18.5 Å². The van der Waals surface area contributed by atoms with Crippen molar-refractivity contribution in [2.45, 2.75) is 51.4 Å². The van der Waals surface area contributed by atoms with Gasteiger partial charge in [-0.15, -0.1) is 0 Å². The van der Waals surface area contributed by atoms with E-state index in [-0.39, 0.29) is 0 Å². The highest BCUT2D eigenvalue weighted by atomic mass is 16.7. The normalized spacial score (nSPS) is 28.8. The summed E-state index contributed by atoms with van der Waals surface area (Å²) in [5.74, 6) is -2.57. The molecule has 1 heterocycles. The minimum Gasteiger partial charge on any atom is -0.463 e. The lowest BCUT2D eigenvalue weighted by Gasteiger charge is -2.42. The Morgan fingerprint density at radius 1 is 1.04 bits per heavy atom. The fourth-order valence-corrected chi connectivity index (χ4v) is 2.51. The SMILES string of the molecule is [2H]CC(=O)OC[C@H]1OC(Oc2ccccc2)[C@H](O)[C@@H](OC(=O)C[2H])[C@@H]1OC(=O)C[2H]. The molecule has 1 saturated heterocycles. The average Bonchev–Trinajstić information content (AvgIpc) is 2.77. The second-order valence-electron chi connectivity index (χ2n) is 5.56. The molecule has 5 atom stereocenters. The molecule has 1 fully saturated rings. The van der Waals surface area contributed by atoms with Crippen molar-refractivity contribution in [1.29, 1.82) is 0 Å². The molecule has 0 radical (unpaired) electrons. The summed E-state index contributed by atoms with van der Waals surface area (Å²) in [6.07, 6.45) is -7.23. The highest BCUT2D eigenvalue weighted by Gasteiger charge is 2.50. The molecule has 0 aliphatic carbocycles. The Balaban J connectivity index is 2.30. The number of aliphatic hydroxyl groups is 1. The van der Waals surface area contributed by atoms with Crippen LogP contribution in [0.15, 0.2) is 30.3 Å². The Morgan fingerprint density at radius 2 is 1.67 bits per heavy atom. The van der Waals surface area contributed by atoms with Crippen LogP contribution in [0.5, 0.6) is 5.75 Å². The minimum atomic E-state index is -1.63. The molecular weight excluding hydrogens is 360 g/mol. The van der Waals surface area contributed by atoms with Crippen molar-refractivity contribution in [1.82, 2.24) is 0 Å². The zero-order valence-electron chi connectivity index (χ0n) is 17.3. The van der Waals surface area contributed by atoms with Crippen LogP contribution in [-0.4, -0.2) is 60.3 Å². The third kappa shape index (κ3) is 5.93. The number of carbonyl (C=O) groups is 3. The monoisotopic (exact) mass is 385 g/mol. The summed E-state index contributed by atoms with van der Waals surface area (Å²) >= 11 is 0. The van der Waals surface area contributed by atoms with Crippen LogP contribution in [0.25, 0.3) is 0 Å². The first-order chi connectivity index (χ1) is 14.4. The van der Waals surface area contributed by atoms with Crippen LogP contribution < -0.4 is 4.74 Å². The molecule has 1 unspecified atom stereocenters. The Kier molecular flexibility index (Phi) is 5.71. The van der Waals surface area contributed by atoms with Crippen molar-refractivity contribution in [2.75, 3.05) is 6.61 Å². The first-order valence-corrected chi connectivity index (χ1v) is 7.87. The molecule has 1 aromatic rings. The Labute approximate surface area is 160 Å². The van der Waals surface area contributed by atoms with Gasteiger partial charge in [0.05, 0.1) is 0 Å². The number of hydrogen-bond donors (Lipinski definition) is 1. The third-order valence-electron chi connectivity index (χ3n) is 3.55. The predicted octanol–water partition coefficient (Wildman–Crippen LogP) is 0.578. The topological polar surface area (TPSA) is 118 Å². The lowest BCUT2D eigenvalue weighted by molar-refractivity contribution is -0.285. The molecule has 1 N–H and O–H groups in total. The molecule has 9 nitrogen and oxygen atoms in total. The summed E-state index contributed by atoms with van der Waals surface area (Å²) in [6.45, 7) is -2.67. The summed E-state index contributed by atoms with van der Waals surface area (Å²) in [5, 5.41) is 10.7. The summed E-state index contributed by atoms with van der Waals surface area (Å²) in [6, 6.07) is 8.26. The van der Waals surface area contributed by atoms with Crippen molar-refractivity contribution in [3.63, 3.8) is 0 Å². The molecular formula is C18H22O9. The third-order valence-corrected chi connectivity index (χ3v) is 3.55. The number of carbonyl (C=O) groups excluding carboxylic acids is 3. The van der Waals surface area contributed by atoms with Crippen LogP contribution in [0, 0.1) is 0 Å². The van der Waals surface area contributed by atoms with E-state index in [9.17, 15) is 19.5 Å². The molecule has 0 amide bonds. The van der Waals surface area contributed by atoms with E-state index in [0.29, 0.717) is 5.75 Å². The number of aliphatic hydroxyl groups excluding tert-OH is 1. The molecule has 0 bridgehead atoms. The zero-order valence-corrected chi connectivity index (χ0v) is 14.3. The molecule has 0 aromatic heterocycles. The van der Waals surface area contributed by atoms with E-state index in [0.717, 1.165) is 0 Å². The van der Waals surface area contributed by atoms with Crippen molar-refractivity contribution >= 4 is 17.9 Å². The van der Waals surface area contributed by atoms with Crippen LogP contribution in [0.1, 0.15) is 24.8 Å². The maximum atomic E-state index is 11.7. The Morgan fingerprint density at radius 3 is 2.30 bits per heavy atom. The first-order valence-electron chi connectivity index (χ1n) is 9.99. The number of ether oxygens (including phenoxy) is 5. The Hall–Kier alpha value is -2.65. The number of rotatable bonds is 6. The summed E-state index contributed by atoms with van der Waals surface area (Å²) in [5.41, 5.74) is 0. The van der Waals surface area contributed by atoms with Gasteiger partial charge < -0.3 is 28.8 Å². The van der Waals surface area contributed by atoms with Crippen molar-refractivity contribution < 1.29 is 47.3 Å². The van der Waals surface area contributed by atoms with E-state index in [2.05, 4.69) is 0 Å². The van der Waals surface area contributed by atoms with Crippen molar-refractivity contribution in [3.8, 4) is 5.75 Å². The van der Waals surface area contributed by atoms with E-state index in [4.69, 9.17) is 27.8 Å². The van der Waals surface area contributed by atoms with E-state index in [1.54, 1.807) is 30.3 Å². The minimum absolute atomic E-state index is 0.315. The van der Waals surface area contributed by atoms with Gasteiger partial charge in [0, 0.05) is 24.8 Å². The van der Waals surface area contributed by atoms with Gasteiger partial charge in [0.25, 0.3) is 0 Å². The quantitative estimate of drug-likeness (QED) is 0.554. The van der Waals surface area contributed by atoms with Crippen LogP contribution in [0.3, 0.4) is 0 Å². The van der Waals surface area contributed by atoms with E-state index in [1.807, 2.05) is 0 Å². The van der Waals surface area contributed by atoms with Crippen LogP contribution in [-0.2, 0) is 33.3 Å². The van der Waals surface area contributed by atoms with E-state index >= 15 is 0 Å². The maximum Gasteiger partial charge on any atom is 0.303 e. The largest absolute Gasteiger partial charge is 0.463 e. The average molecular weight is 385 g/mol. The molecule has 1 aromatic carbocycles. The second kappa shape index (κ2) is 9.33. The maximum absolute atomic E-state index is 11.7. The van der Waals surface area contributed by atoms with Crippen LogP contribution in [0.2, 0.25) is 0 Å². The summed E-state index contributed by atoms with van der Waals surface area (Å²) < 4.78 is 47.6. The molecule has 0 spiro atoms. The van der Waals surface area contributed by atoms with Gasteiger partial charge in [-0.1, -0.05) is 18.2 Å². The summed E-state index contributed by atoms with van der Waals surface area (Å²) in [7, 11) is 0. The molecule has 1 aliphatic rings. The molecule has 2 rings (SSSR count).